The van der Waals surface area contributed by atoms with Crippen LogP contribution < -0.4 is 4.74 Å². The van der Waals surface area contributed by atoms with Gasteiger partial charge >= 0.3 is 0 Å². The summed E-state index contributed by atoms with van der Waals surface area (Å²) in [4.78, 5) is 11.6. The van der Waals surface area contributed by atoms with Crippen LogP contribution in [-0.4, -0.2) is 24.7 Å². The van der Waals surface area contributed by atoms with Crippen molar-refractivity contribution in [3.8, 4) is 5.75 Å². The predicted octanol–water partition coefficient (Wildman–Crippen LogP) is 2.47. The molecule has 2 rings (SSSR count). The van der Waals surface area contributed by atoms with Crippen LogP contribution in [0.5, 0.6) is 5.75 Å². The van der Waals surface area contributed by atoms with Crippen LogP contribution in [0.2, 0.25) is 0 Å². The number of para-hydroxylation sites is 1. The largest absolute Gasteiger partial charge is 0.477 e. The Morgan fingerprint density at radius 2 is 2.00 bits per heavy atom. The van der Waals surface area contributed by atoms with Crippen molar-refractivity contribution in [3.05, 3.63) is 29.6 Å². The molecule has 0 spiro atoms. The third kappa shape index (κ3) is 1.56. The van der Waals surface area contributed by atoms with Gasteiger partial charge in [0.05, 0.1) is 12.0 Å². The lowest BCUT2D eigenvalue weighted by molar-refractivity contribution is 0.00140. The molecule has 0 bridgehead atoms. The van der Waals surface area contributed by atoms with Gasteiger partial charge in [-0.25, -0.2) is 13.2 Å². The molecule has 0 aliphatic carbocycles. The molecular formula is C11H9F3O2. The summed E-state index contributed by atoms with van der Waals surface area (Å²) in [5.41, 5.74) is -1.82. The smallest absolute Gasteiger partial charge is 0.173 e. The van der Waals surface area contributed by atoms with Crippen molar-refractivity contribution in [2.24, 2.45) is 0 Å². The average Bonchev–Trinajstić information content (AvgIpc) is 2.30. The molecule has 1 heterocycles. The second-order valence-electron chi connectivity index (χ2n) is 3.77. The van der Waals surface area contributed by atoms with Gasteiger partial charge in [-0.1, -0.05) is 6.07 Å². The van der Waals surface area contributed by atoms with E-state index >= 15 is 0 Å². The number of ketones is 1. The summed E-state index contributed by atoms with van der Waals surface area (Å²) in [7, 11) is 0. The standard InChI is InChI=1S/C11H9F3O2/c12-5-11(6-13)4-9(15)7-2-1-3-8(14)10(7)16-11/h1-3H,4-6H2. The summed E-state index contributed by atoms with van der Waals surface area (Å²) < 4.78 is 43.7. The van der Waals surface area contributed by atoms with Crippen molar-refractivity contribution >= 4 is 5.78 Å². The molecule has 2 nitrogen and oxygen atoms in total. The number of carbonyl (C=O) groups is 1. The van der Waals surface area contributed by atoms with Gasteiger partial charge in [0, 0.05) is 0 Å². The van der Waals surface area contributed by atoms with Crippen LogP contribution in [0.15, 0.2) is 18.2 Å². The van der Waals surface area contributed by atoms with Crippen molar-refractivity contribution in [2.45, 2.75) is 12.0 Å². The molecule has 5 heteroatoms. The molecule has 0 N–H and O–H groups in total. The zero-order valence-electron chi connectivity index (χ0n) is 8.30. The second kappa shape index (κ2) is 3.81. The van der Waals surface area contributed by atoms with E-state index in [0.717, 1.165) is 6.07 Å². The number of benzene rings is 1. The van der Waals surface area contributed by atoms with Gasteiger partial charge in [-0.2, -0.15) is 0 Å². The van der Waals surface area contributed by atoms with Crippen molar-refractivity contribution in [1.82, 2.24) is 0 Å². The third-order valence-corrected chi connectivity index (χ3v) is 2.56. The topological polar surface area (TPSA) is 26.3 Å². The summed E-state index contributed by atoms with van der Waals surface area (Å²) in [6.45, 7) is -2.33. The fraction of sp³-hybridized carbons (Fsp3) is 0.364. The zero-order chi connectivity index (χ0) is 11.8. The van der Waals surface area contributed by atoms with Crippen LogP contribution in [0.4, 0.5) is 13.2 Å². The fourth-order valence-electron chi connectivity index (χ4n) is 1.66. The SMILES string of the molecule is O=C1CC(CF)(CF)Oc2c(F)cccc21. The number of halogens is 3. The Kier molecular flexibility index (Phi) is 2.61. The minimum absolute atomic E-state index is 0.0394. The van der Waals surface area contributed by atoms with Gasteiger partial charge in [-0.05, 0) is 12.1 Å². The van der Waals surface area contributed by atoms with E-state index in [1.165, 1.54) is 12.1 Å². The van der Waals surface area contributed by atoms with E-state index in [-0.39, 0.29) is 11.3 Å². The van der Waals surface area contributed by atoms with Gasteiger partial charge in [0.1, 0.15) is 13.3 Å². The number of hydrogen-bond donors (Lipinski definition) is 0. The van der Waals surface area contributed by atoms with Crippen molar-refractivity contribution in [2.75, 3.05) is 13.3 Å². The third-order valence-electron chi connectivity index (χ3n) is 2.56. The van der Waals surface area contributed by atoms with Crippen molar-refractivity contribution < 1.29 is 22.7 Å². The summed E-state index contributed by atoms with van der Waals surface area (Å²) >= 11 is 0. The molecular weight excluding hydrogens is 221 g/mol. The maximum absolute atomic E-state index is 13.3. The first-order chi connectivity index (χ1) is 7.62. The molecule has 1 aromatic rings. The molecule has 0 amide bonds. The molecule has 16 heavy (non-hydrogen) atoms. The number of hydrogen-bond acceptors (Lipinski definition) is 2. The molecule has 1 aliphatic heterocycles. The minimum Gasteiger partial charge on any atom is -0.477 e. The van der Waals surface area contributed by atoms with Crippen LogP contribution in [0.1, 0.15) is 16.8 Å². The Bertz CT molecular complexity index is 427. The molecule has 0 unspecified atom stereocenters. The highest BCUT2D eigenvalue weighted by Crippen LogP contribution is 2.35. The fourth-order valence-corrected chi connectivity index (χ4v) is 1.66. The van der Waals surface area contributed by atoms with Gasteiger partial charge in [-0.15, -0.1) is 0 Å². The van der Waals surface area contributed by atoms with E-state index in [9.17, 15) is 18.0 Å². The molecule has 86 valence electrons. The number of carbonyl (C=O) groups excluding carboxylic acids is 1. The molecule has 0 saturated heterocycles. The summed E-state index contributed by atoms with van der Waals surface area (Å²) in [5.74, 6) is -1.64. The van der Waals surface area contributed by atoms with E-state index in [4.69, 9.17) is 4.74 Å². The Labute approximate surface area is 90.0 Å². The van der Waals surface area contributed by atoms with E-state index in [0.29, 0.717) is 0 Å². The maximum Gasteiger partial charge on any atom is 0.173 e. The summed E-state index contributed by atoms with van der Waals surface area (Å²) in [6, 6.07) is 3.81. The Morgan fingerprint density at radius 3 is 2.62 bits per heavy atom. The Morgan fingerprint density at radius 1 is 1.31 bits per heavy atom. The normalized spacial score (nSPS) is 17.8. The van der Waals surface area contributed by atoms with Crippen LogP contribution in [-0.2, 0) is 0 Å². The quantitative estimate of drug-likeness (QED) is 0.780. The molecule has 0 atom stereocenters. The molecule has 1 aromatic carbocycles. The minimum atomic E-state index is -1.85. The lowest BCUT2D eigenvalue weighted by atomic mass is 9.92. The zero-order valence-corrected chi connectivity index (χ0v) is 8.30. The van der Waals surface area contributed by atoms with Crippen LogP contribution >= 0.6 is 0 Å². The first-order valence-electron chi connectivity index (χ1n) is 4.74. The van der Waals surface area contributed by atoms with E-state index < -0.39 is 37.0 Å². The number of fused-ring (bicyclic) bond motifs is 1. The summed E-state index contributed by atoms with van der Waals surface area (Å²) in [6.07, 6.45) is -0.406. The predicted molar refractivity (Wildman–Crippen MR) is 50.7 cm³/mol. The highest BCUT2D eigenvalue weighted by molar-refractivity contribution is 6.00. The van der Waals surface area contributed by atoms with Gasteiger partial charge in [-0.3, -0.25) is 4.79 Å². The molecule has 0 saturated carbocycles. The van der Waals surface area contributed by atoms with Crippen molar-refractivity contribution in [3.63, 3.8) is 0 Å². The number of alkyl halides is 2. The first kappa shape index (κ1) is 11.0. The average molecular weight is 230 g/mol. The van der Waals surface area contributed by atoms with Gasteiger partial charge in [0.25, 0.3) is 0 Å². The Balaban J connectivity index is 2.49. The maximum atomic E-state index is 13.3. The van der Waals surface area contributed by atoms with Gasteiger partial charge < -0.3 is 4.74 Å². The number of Topliss-reactive ketones (excluding diaryl/α,β-unsaturated/α-hetero) is 1. The molecule has 0 fully saturated rings. The highest BCUT2D eigenvalue weighted by atomic mass is 19.1. The lowest BCUT2D eigenvalue weighted by Crippen LogP contribution is -2.46. The first-order valence-corrected chi connectivity index (χ1v) is 4.74. The van der Waals surface area contributed by atoms with Crippen LogP contribution in [0.25, 0.3) is 0 Å². The Hall–Kier alpha value is -1.52. The summed E-state index contributed by atoms with van der Waals surface area (Å²) in [5, 5.41) is 0. The van der Waals surface area contributed by atoms with E-state index in [1.54, 1.807) is 0 Å². The lowest BCUT2D eigenvalue weighted by Gasteiger charge is -2.33. The second-order valence-corrected chi connectivity index (χ2v) is 3.77. The monoisotopic (exact) mass is 230 g/mol. The van der Waals surface area contributed by atoms with Gasteiger partial charge in [0.15, 0.2) is 23.0 Å². The van der Waals surface area contributed by atoms with Crippen molar-refractivity contribution in [1.29, 1.82) is 0 Å². The van der Waals surface area contributed by atoms with Gasteiger partial charge in [0.2, 0.25) is 0 Å². The number of rotatable bonds is 2. The van der Waals surface area contributed by atoms with Crippen LogP contribution in [0, 0.1) is 5.82 Å². The van der Waals surface area contributed by atoms with E-state index in [1.807, 2.05) is 0 Å². The molecule has 0 aromatic heterocycles. The highest BCUT2D eigenvalue weighted by Gasteiger charge is 2.42. The van der Waals surface area contributed by atoms with Crippen LogP contribution in [0.3, 0.4) is 0 Å². The molecule has 0 radical (unpaired) electrons. The molecule has 1 aliphatic rings. The van der Waals surface area contributed by atoms with E-state index in [2.05, 4.69) is 0 Å². The number of ether oxygens (including phenoxy) is 1.